The summed E-state index contributed by atoms with van der Waals surface area (Å²) < 4.78 is 39.6. The van der Waals surface area contributed by atoms with E-state index in [4.69, 9.17) is 9.47 Å². The zero-order chi connectivity index (χ0) is 21.8. The third-order valence-electron chi connectivity index (χ3n) is 5.88. The van der Waals surface area contributed by atoms with Gasteiger partial charge in [-0.2, -0.15) is 8.78 Å². The van der Waals surface area contributed by atoms with Crippen molar-refractivity contribution in [2.45, 2.75) is 19.5 Å². The number of rotatable bonds is 8. The average Bonchev–Trinajstić information content (AvgIpc) is 3.19. The van der Waals surface area contributed by atoms with Gasteiger partial charge in [-0.1, -0.05) is 12.1 Å². The van der Waals surface area contributed by atoms with Crippen LogP contribution < -0.4 is 9.47 Å². The summed E-state index contributed by atoms with van der Waals surface area (Å²) in [5, 5.41) is 0. The Bertz CT molecular complexity index is 985. The number of hydrogen-bond donors (Lipinski definition) is 0. The Morgan fingerprint density at radius 2 is 1.65 bits per heavy atom. The lowest BCUT2D eigenvalue weighted by Gasteiger charge is -2.37. The quantitative estimate of drug-likeness (QED) is 0.536. The van der Waals surface area contributed by atoms with E-state index in [1.807, 2.05) is 37.3 Å². The number of imidazole rings is 1. The molecular formula is C23H28F2N4O2. The van der Waals surface area contributed by atoms with Crippen molar-refractivity contribution in [1.82, 2.24) is 19.4 Å². The van der Waals surface area contributed by atoms with E-state index in [-0.39, 0.29) is 6.04 Å². The zero-order valence-corrected chi connectivity index (χ0v) is 17.9. The number of hydrogen-bond acceptors (Lipinski definition) is 5. The maximum Gasteiger partial charge on any atom is 0.320 e. The molecule has 4 rings (SSSR count). The summed E-state index contributed by atoms with van der Waals surface area (Å²) in [6, 6.07) is 14.4. The minimum absolute atomic E-state index is 0.181. The van der Waals surface area contributed by atoms with Crippen molar-refractivity contribution in [2.75, 3.05) is 46.4 Å². The molecule has 166 valence electrons. The molecule has 1 aliphatic rings. The fraction of sp³-hybridized carbons (Fsp3) is 0.435. The van der Waals surface area contributed by atoms with Crippen LogP contribution >= 0.6 is 0 Å². The number of halogens is 2. The van der Waals surface area contributed by atoms with Crippen LogP contribution in [-0.4, -0.2) is 65.8 Å². The highest BCUT2D eigenvalue weighted by Gasteiger charge is 2.28. The molecular weight excluding hydrogens is 402 g/mol. The third-order valence-corrected chi connectivity index (χ3v) is 5.88. The highest BCUT2D eigenvalue weighted by atomic mass is 19.3. The van der Waals surface area contributed by atoms with E-state index in [0.717, 1.165) is 48.8 Å². The van der Waals surface area contributed by atoms with E-state index in [2.05, 4.69) is 14.8 Å². The zero-order valence-electron chi connectivity index (χ0n) is 17.9. The number of para-hydroxylation sites is 2. The molecule has 1 fully saturated rings. The Kier molecular flexibility index (Phi) is 6.67. The fourth-order valence-electron chi connectivity index (χ4n) is 4.07. The highest BCUT2D eigenvalue weighted by Crippen LogP contribution is 2.29. The first kappa shape index (κ1) is 21.5. The molecule has 0 spiro atoms. The van der Waals surface area contributed by atoms with Crippen molar-refractivity contribution >= 4 is 11.0 Å². The molecule has 6 nitrogen and oxygen atoms in total. The molecule has 0 saturated carbocycles. The van der Waals surface area contributed by atoms with Crippen molar-refractivity contribution in [3.05, 3.63) is 54.4 Å². The third kappa shape index (κ3) is 4.80. The van der Waals surface area contributed by atoms with Gasteiger partial charge in [0.05, 0.1) is 24.2 Å². The number of methoxy groups -OCH3 is 1. The molecule has 2 heterocycles. The summed E-state index contributed by atoms with van der Waals surface area (Å²) in [5.41, 5.74) is 1.09. The predicted molar refractivity (Wildman–Crippen MR) is 116 cm³/mol. The van der Waals surface area contributed by atoms with E-state index in [0.29, 0.717) is 23.5 Å². The van der Waals surface area contributed by atoms with Gasteiger partial charge in [-0.3, -0.25) is 14.4 Å². The minimum atomic E-state index is -2.61. The van der Waals surface area contributed by atoms with Crippen LogP contribution in [0.2, 0.25) is 0 Å². The van der Waals surface area contributed by atoms with Crippen molar-refractivity contribution in [1.29, 1.82) is 0 Å². The average molecular weight is 430 g/mol. The second-order valence-corrected chi connectivity index (χ2v) is 7.68. The van der Waals surface area contributed by atoms with Gasteiger partial charge in [0.1, 0.15) is 23.9 Å². The van der Waals surface area contributed by atoms with Gasteiger partial charge in [-0.25, -0.2) is 4.98 Å². The van der Waals surface area contributed by atoms with Crippen molar-refractivity contribution in [3.8, 4) is 11.5 Å². The molecule has 0 bridgehead atoms. The topological polar surface area (TPSA) is 42.8 Å². The first-order chi connectivity index (χ1) is 15.1. The summed E-state index contributed by atoms with van der Waals surface area (Å²) in [4.78, 5) is 9.08. The van der Waals surface area contributed by atoms with Gasteiger partial charge in [0.25, 0.3) is 0 Å². The molecule has 8 heteroatoms. The Morgan fingerprint density at radius 1 is 0.968 bits per heavy atom. The summed E-state index contributed by atoms with van der Waals surface area (Å²) in [7, 11) is 1.64. The van der Waals surface area contributed by atoms with Gasteiger partial charge in [-0.05, 0) is 43.3 Å². The predicted octanol–water partition coefficient (Wildman–Crippen LogP) is 4.20. The molecule has 1 atom stereocenters. The minimum Gasteiger partial charge on any atom is -0.497 e. The molecule has 0 radical (unpaired) electrons. The van der Waals surface area contributed by atoms with E-state index in [1.54, 1.807) is 25.3 Å². The summed E-state index contributed by atoms with van der Waals surface area (Å²) in [6.45, 7) is 4.11. The fourth-order valence-corrected chi connectivity index (χ4v) is 4.07. The van der Waals surface area contributed by atoms with Crippen LogP contribution in [0.3, 0.4) is 0 Å². The molecule has 0 aliphatic carbocycles. The van der Waals surface area contributed by atoms with Gasteiger partial charge < -0.3 is 9.47 Å². The number of fused-ring (bicyclic) bond motifs is 1. The van der Waals surface area contributed by atoms with Crippen molar-refractivity contribution in [3.63, 3.8) is 0 Å². The molecule has 1 aliphatic heterocycles. The molecule has 0 amide bonds. The van der Waals surface area contributed by atoms with Gasteiger partial charge in [0.2, 0.25) is 0 Å². The summed E-state index contributed by atoms with van der Waals surface area (Å²) >= 11 is 0. The van der Waals surface area contributed by atoms with E-state index >= 15 is 0 Å². The molecule has 3 aromatic rings. The number of ether oxygens (including phenoxy) is 2. The van der Waals surface area contributed by atoms with Crippen molar-refractivity contribution in [2.24, 2.45) is 0 Å². The molecule has 1 saturated heterocycles. The summed E-state index contributed by atoms with van der Waals surface area (Å²) in [5.74, 6) is 2.05. The number of nitrogens with zero attached hydrogens (tertiary/aromatic N) is 4. The Hall–Kier alpha value is -2.71. The second-order valence-electron chi connectivity index (χ2n) is 7.68. The van der Waals surface area contributed by atoms with E-state index < -0.39 is 6.55 Å². The molecule has 0 N–H and O–H groups in total. The van der Waals surface area contributed by atoms with Crippen molar-refractivity contribution < 1.29 is 18.3 Å². The largest absolute Gasteiger partial charge is 0.497 e. The second kappa shape index (κ2) is 9.62. The number of benzene rings is 2. The molecule has 1 aromatic heterocycles. The lowest BCUT2D eigenvalue weighted by Crippen LogP contribution is -2.48. The smallest absolute Gasteiger partial charge is 0.320 e. The van der Waals surface area contributed by atoms with Gasteiger partial charge in [0.15, 0.2) is 0 Å². The Labute approximate surface area is 181 Å². The number of aromatic nitrogens is 2. The standard InChI is InChI=1S/C23H28F2N4O2/c1-17(22-26-20-5-3-4-6-21(20)29(22)23(24)25)28-13-11-27(12-14-28)15-16-31-19-9-7-18(30-2)8-10-19/h3-10,17,23H,11-16H2,1-2H3. The van der Waals surface area contributed by atoms with Gasteiger partial charge in [-0.15, -0.1) is 0 Å². The van der Waals surface area contributed by atoms with Crippen LogP contribution in [-0.2, 0) is 0 Å². The Morgan fingerprint density at radius 3 is 2.32 bits per heavy atom. The molecule has 2 aromatic carbocycles. The number of piperazine rings is 1. The lowest BCUT2D eigenvalue weighted by atomic mass is 10.2. The maximum absolute atomic E-state index is 13.8. The lowest BCUT2D eigenvalue weighted by molar-refractivity contribution is 0.0550. The van der Waals surface area contributed by atoms with Crippen LogP contribution in [0.15, 0.2) is 48.5 Å². The highest BCUT2D eigenvalue weighted by molar-refractivity contribution is 5.76. The van der Waals surface area contributed by atoms with Crippen LogP contribution in [0.1, 0.15) is 25.3 Å². The monoisotopic (exact) mass is 430 g/mol. The molecule has 1 unspecified atom stereocenters. The van der Waals surface area contributed by atoms with Crippen LogP contribution in [0, 0.1) is 0 Å². The number of alkyl halides is 2. The van der Waals surface area contributed by atoms with Gasteiger partial charge in [0, 0.05) is 32.7 Å². The summed E-state index contributed by atoms with van der Waals surface area (Å²) in [6.07, 6.45) is 0. The first-order valence-electron chi connectivity index (χ1n) is 10.5. The normalized spacial score (nSPS) is 16.7. The van der Waals surface area contributed by atoms with Crippen LogP contribution in [0.25, 0.3) is 11.0 Å². The Balaban J connectivity index is 1.31. The molecule has 31 heavy (non-hydrogen) atoms. The van der Waals surface area contributed by atoms with E-state index in [1.165, 1.54) is 0 Å². The van der Waals surface area contributed by atoms with Gasteiger partial charge >= 0.3 is 6.55 Å². The first-order valence-corrected chi connectivity index (χ1v) is 10.5. The SMILES string of the molecule is COc1ccc(OCCN2CCN(C(C)c3nc4ccccc4n3C(F)F)CC2)cc1. The van der Waals surface area contributed by atoms with Crippen LogP contribution in [0.4, 0.5) is 8.78 Å². The van der Waals surface area contributed by atoms with E-state index in [9.17, 15) is 8.78 Å². The maximum atomic E-state index is 13.8. The van der Waals surface area contributed by atoms with Crippen LogP contribution in [0.5, 0.6) is 11.5 Å².